The number of amides is 1. The molecule has 98 valence electrons. The molecule has 0 heterocycles. The maximum Gasteiger partial charge on any atom is 0.252 e. The van der Waals surface area contributed by atoms with Crippen LogP contribution in [0.3, 0.4) is 0 Å². The second-order valence-electron chi connectivity index (χ2n) is 4.23. The van der Waals surface area contributed by atoms with Gasteiger partial charge in [-0.05, 0) is 46.6 Å². The molecule has 0 saturated carbocycles. The van der Waals surface area contributed by atoms with Crippen molar-refractivity contribution in [3.05, 3.63) is 68.6 Å². The molecular weight excluding hydrogens is 370 g/mol. The lowest BCUT2D eigenvalue weighted by Crippen LogP contribution is -2.26. The number of nitrogens with one attached hydrogen (secondary N) is 1. The predicted octanol–water partition coefficient (Wildman–Crippen LogP) is 4.70. The summed E-state index contributed by atoms with van der Waals surface area (Å²) < 4.78 is 1.71. The Balaban J connectivity index is 2.13. The molecule has 0 fully saturated rings. The summed E-state index contributed by atoms with van der Waals surface area (Å²) in [5.74, 6) is -0.0873. The van der Waals surface area contributed by atoms with E-state index in [0.29, 0.717) is 5.56 Å². The van der Waals surface area contributed by atoms with Gasteiger partial charge in [-0.2, -0.15) is 0 Å². The molecule has 2 nitrogen and oxygen atoms in total. The van der Waals surface area contributed by atoms with Gasteiger partial charge in [0, 0.05) is 8.95 Å². The molecule has 1 atom stereocenters. The van der Waals surface area contributed by atoms with Gasteiger partial charge in [-0.3, -0.25) is 4.79 Å². The van der Waals surface area contributed by atoms with E-state index in [1.807, 2.05) is 49.4 Å². The van der Waals surface area contributed by atoms with E-state index in [-0.39, 0.29) is 11.9 Å². The number of rotatable bonds is 3. The minimum atomic E-state index is -0.0873. The van der Waals surface area contributed by atoms with Crippen LogP contribution in [0.15, 0.2) is 57.5 Å². The fraction of sp³-hybridized carbons (Fsp3) is 0.133. The van der Waals surface area contributed by atoms with Gasteiger partial charge < -0.3 is 5.32 Å². The van der Waals surface area contributed by atoms with Crippen LogP contribution in [-0.2, 0) is 0 Å². The molecule has 1 N–H and O–H groups in total. The monoisotopic (exact) mass is 381 g/mol. The molecule has 0 spiro atoms. The summed E-state index contributed by atoms with van der Waals surface area (Å²) in [6.45, 7) is 1.97. The Bertz CT molecular complexity index is 584. The lowest BCUT2D eigenvalue weighted by Gasteiger charge is -2.15. The van der Waals surface area contributed by atoms with Crippen LogP contribution in [0.2, 0.25) is 0 Å². The first-order valence-electron chi connectivity index (χ1n) is 5.89. The summed E-state index contributed by atoms with van der Waals surface area (Å²) in [6, 6.07) is 15.4. The molecule has 4 heteroatoms. The third-order valence-electron chi connectivity index (χ3n) is 2.82. The van der Waals surface area contributed by atoms with Gasteiger partial charge in [0.1, 0.15) is 0 Å². The van der Waals surface area contributed by atoms with Gasteiger partial charge in [0.25, 0.3) is 5.91 Å². The molecule has 2 aromatic rings. The topological polar surface area (TPSA) is 29.1 Å². The first-order chi connectivity index (χ1) is 9.08. The number of benzene rings is 2. The minimum Gasteiger partial charge on any atom is -0.345 e. The first kappa shape index (κ1) is 14.3. The molecule has 1 amide bonds. The highest BCUT2D eigenvalue weighted by atomic mass is 79.9. The summed E-state index contributed by atoms with van der Waals surface area (Å²) >= 11 is 6.77. The van der Waals surface area contributed by atoms with E-state index in [9.17, 15) is 4.79 Å². The standard InChI is InChI=1S/C15H13Br2NO/c1-10(11-5-3-2-4-6-11)18-15(19)13-8-7-12(16)9-14(13)17/h2-10H,1H3,(H,18,19)/t10-/m1/s1. The fourth-order valence-corrected chi connectivity index (χ4v) is 3.00. The average molecular weight is 383 g/mol. The van der Waals surface area contributed by atoms with Crippen LogP contribution < -0.4 is 5.32 Å². The Kier molecular flexibility index (Phi) is 4.77. The van der Waals surface area contributed by atoms with Gasteiger partial charge in [-0.25, -0.2) is 0 Å². The molecule has 0 aliphatic rings. The van der Waals surface area contributed by atoms with E-state index in [0.717, 1.165) is 14.5 Å². The van der Waals surface area contributed by atoms with Gasteiger partial charge in [0.2, 0.25) is 0 Å². The predicted molar refractivity (Wildman–Crippen MR) is 84.2 cm³/mol. The van der Waals surface area contributed by atoms with Crippen LogP contribution in [-0.4, -0.2) is 5.91 Å². The highest BCUT2D eigenvalue weighted by Crippen LogP contribution is 2.22. The Hall–Kier alpha value is -1.13. The van der Waals surface area contributed by atoms with Crippen molar-refractivity contribution in [2.24, 2.45) is 0 Å². The van der Waals surface area contributed by atoms with Crippen LogP contribution in [0.25, 0.3) is 0 Å². The van der Waals surface area contributed by atoms with E-state index in [1.54, 1.807) is 6.07 Å². The van der Waals surface area contributed by atoms with Crippen molar-refractivity contribution >= 4 is 37.8 Å². The van der Waals surface area contributed by atoms with Gasteiger partial charge in [0.15, 0.2) is 0 Å². The van der Waals surface area contributed by atoms with E-state index >= 15 is 0 Å². The van der Waals surface area contributed by atoms with Crippen molar-refractivity contribution in [1.29, 1.82) is 0 Å². The van der Waals surface area contributed by atoms with Crippen LogP contribution in [0.4, 0.5) is 0 Å². The van der Waals surface area contributed by atoms with Crippen molar-refractivity contribution in [3.8, 4) is 0 Å². The van der Waals surface area contributed by atoms with E-state index in [4.69, 9.17) is 0 Å². The van der Waals surface area contributed by atoms with E-state index in [2.05, 4.69) is 37.2 Å². The quantitative estimate of drug-likeness (QED) is 0.818. The number of carbonyl (C=O) groups excluding carboxylic acids is 1. The van der Waals surface area contributed by atoms with Gasteiger partial charge >= 0.3 is 0 Å². The normalized spacial score (nSPS) is 11.9. The molecule has 19 heavy (non-hydrogen) atoms. The Morgan fingerprint density at radius 2 is 1.79 bits per heavy atom. The molecule has 0 aliphatic carbocycles. The van der Waals surface area contributed by atoms with Crippen LogP contribution in [0.1, 0.15) is 28.9 Å². The molecule has 0 bridgehead atoms. The number of halogens is 2. The van der Waals surface area contributed by atoms with Crippen LogP contribution in [0, 0.1) is 0 Å². The van der Waals surface area contributed by atoms with Crippen LogP contribution >= 0.6 is 31.9 Å². The maximum atomic E-state index is 12.2. The second kappa shape index (κ2) is 6.35. The average Bonchev–Trinajstić information content (AvgIpc) is 2.39. The fourth-order valence-electron chi connectivity index (χ4n) is 1.77. The molecule has 0 aromatic heterocycles. The van der Waals surface area contributed by atoms with Crippen molar-refractivity contribution in [1.82, 2.24) is 5.32 Å². The minimum absolute atomic E-state index is 0.0238. The highest BCUT2D eigenvalue weighted by molar-refractivity contribution is 9.11. The Morgan fingerprint density at radius 3 is 2.42 bits per heavy atom. The molecule has 0 aliphatic heterocycles. The molecule has 0 saturated heterocycles. The van der Waals surface area contributed by atoms with E-state index in [1.165, 1.54) is 0 Å². The number of hydrogen-bond donors (Lipinski definition) is 1. The van der Waals surface area contributed by atoms with Crippen LogP contribution in [0.5, 0.6) is 0 Å². The molecule has 0 radical (unpaired) electrons. The third-order valence-corrected chi connectivity index (χ3v) is 3.97. The molecule has 0 unspecified atom stereocenters. The SMILES string of the molecule is C[C@@H](NC(=O)c1ccc(Br)cc1Br)c1ccccc1. The number of hydrogen-bond acceptors (Lipinski definition) is 1. The molecule has 2 aromatic carbocycles. The zero-order chi connectivity index (χ0) is 13.8. The van der Waals surface area contributed by atoms with Crippen molar-refractivity contribution in [3.63, 3.8) is 0 Å². The van der Waals surface area contributed by atoms with Crippen molar-refractivity contribution in [2.75, 3.05) is 0 Å². The summed E-state index contributed by atoms with van der Waals surface area (Å²) in [5, 5.41) is 2.99. The summed E-state index contributed by atoms with van der Waals surface area (Å²) in [7, 11) is 0. The van der Waals surface area contributed by atoms with E-state index < -0.39 is 0 Å². The van der Waals surface area contributed by atoms with Gasteiger partial charge in [0.05, 0.1) is 11.6 Å². The highest BCUT2D eigenvalue weighted by Gasteiger charge is 2.13. The Labute approximate surface area is 129 Å². The zero-order valence-corrected chi connectivity index (χ0v) is 13.5. The zero-order valence-electron chi connectivity index (χ0n) is 10.4. The van der Waals surface area contributed by atoms with Crippen molar-refractivity contribution in [2.45, 2.75) is 13.0 Å². The third kappa shape index (κ3) is 3.67. The first-order valence-corrected chi connectivity index (χ1v) is 7.47. The second-order valence-corrected chi connectivity index (χ2v) is 6.00. The van der Waals surface area contributed by atoms with Gasteiger partial charge in [-0.15, -0.1) is 0 Å². The Morgan fingerprint density at radius 1 is 1.11 bits per heavy atom. The summed E-state index contributed by atoms with van der Waals surface area (Å²) in [4.78, 5) is 12.2. The lowest BCUT2D eigenvalue weighted by atomic mass is 10.1. The molecular formula is C15H13Br2NO. The molecule has 2 rings (SSSR count). The largest absolute Gasteiger partial charge is 0.345 e. The maximum absolute atomic E-state index is 12.2. The number of carbonyl (C=O) groups is 1. The lowest BCUT2D eigenvalue weighted by molar-refractivity contribution is 0.0939. The van der Waals surface area contributed by atoms with Gasteiger partial charge in [-0.1, -0.05) is 46.3 Å². The van der Waals surface area contributed by atoms with Crippen molar-refractivity contribution < 1.29 is 4.79 Å². The summed E-state index contributed by atoms with van der Waals surface area (Å²) in [6.07, 6.45) is 0. The summed E-state index contributed by atoms with van der Waals surface area (Å²) in [5.41, 5.74) is 1.72. The smallest absolute Gasteiger partial charge is 0.252 e.